The molecule has 3 heteroatoms. The van der Waals surface area contributed by atoms with Crippen LogP contribution < -0.4 is 5.32 Å². The topological polar surface area (TPSA) is 52.5 Å². The van der Waals surface area contributed by atoms with Crippen molar-refractivity contribution < 1.29 is 10.2 Å². The van der Waals surface area contributed by atoms with Crippen molar-refractivity contribution in [3.63, 3.8) is 0 Å². The lowest BCUT2D eigenvalue weighted by Crippen LogP contribution is -2.28. The maximum absolute atomic E-state index is 10.7. The molecule has 0 radical (unpaired) electrons. The molecule has 0 aliphatic rings. The van der Waals surface area contributed by atoms with Gasteiger partial charge in [-0.2, -0.15) is 0 Å². The van der Waals surface area contributed by atoms with Gasteiger partial charge in [0, 0.05) is 6.61 Å². The first-order valence-corrected chi connectivity index (χ1v) is 7.95. The largest absolute Gasteiger partial charge is 0.396 e. The van der Waals surface area contributed by atoms with Gasteiger partial charge < -0.3 is 15.5 Å². The van der Waals surface area contributed by atoms with Gasteiger partial charge in [0.05, 0.1) is 12.1 Å². The molecular formula is C19H25NO2. The molecule has 0 fully saturated rings. The Hall–Kier alpha value is -1.68. The maximum atomic E-state index is 10.7. The van der Waals surface area contributed by atoms with Crippen LogP contribution in [0.2, 0.25) is 0 Å². The zero-order chi connectivity index (χ0) is 15.6. The van der Waals surface area contributed by atoms with Crippen molar-refractivity contribution >= 4 is 0 Å². The number of rotatable bonds is 9. The Morgan fingerprint density at radius 1 is 0.773 bits per heavy atom. The number of aliphatic hydroxyl groups excluding tert-OH is 2. The Morgan fingerprint density at radius 3 is 1.95 bits per heavy atom. The third kappa shape index (κ3) is 4.95. The van der Waals surface area contributed by atoms with E-state index in [0.717, 1.165) is 36.9 Å². The first kappa shape index (κ1) is 16.7. The Morgan fingerprint density at radius 2 is 1.36 bits per heavy atom. The molecule has 3 nitrogen and oxygen atoms in total. The van der Waals surface area contributed by atoms with E-state index in [-0.39, 0.29) is 12.6 Å². The number of nitrogens with one attached hydrogen (secondary N) is 1. The van der Waals surface area contributed by atoms with E-state index < -0.39 is 6.10 Å². The molecule has 3 N–H and O–H groups in total. The van der Waals surface area contributed by atoms with Crippen LogP contribution >= 0.6 is 0 Å². The minimum atomic E-state index is -0.582. The van der Waals surface area contributed by atoms with Gasteiger partial charge in [-0.05, 0) is 36.9 Å². The van der Waals surface area contributed by atoms with Crippen LogP contribution in [0.25, 0.3) is 0 Å². The summed E-state index contributed by atoms with van der Waals surface area (Å²) < 4.78 is 0. The Balaban J connectivity index is 2.05. The highest BCUT2D eigenvalue weighted by Gasteiger charge is 2.21. The van der Waals surface area contributed by atoms with Crippen molar-refractivity contribution in [3.05, 3.63) is 71.8 Å². The molecular weight excluding hydrogens is 274 g/mol. The van der Waals surface area contributed by atoms with E-state index in [4.69, 9.17) is 5.11 Å². The Bertz CT molecular complexity index is 515. The molecule has 2 rings (SSSR count). The molecule has 22 heavy (non-hydrogen) atoms. The molecule has 0 aromatic heterocycles. The summed E-state index contributed by atoms with van der Waals surface area (Å²) in [5.41, 5.74) is 2.00. The summed E-state index contributed by atoms with van der Waals surface area (Å²) in [5.74, 6) is 0. The number of unbranched alkanes of at least 4 members (excludes halogenated alkanes) is 2. The second-order valence-corrected chi connectivity index (χ2v) is 5.48. The molecule has 0 bridgehead atoms. The summed E-state index contributed by atoms with van der Waals surface area (Å²) in [7, 11) is 0. The van der Waals surface area contributed by atoms with Gasteiger partial charge >= 0.3 is 0 Å². The lowest BCUT2D eigenvalue weighted by molar-refractivity contribution is 0.128. The van der Waals surface area contributed by atoms with Crippen LogP contribution in [0.1, 0.15) is 42.5 Å². The minimum absolute atomic E-state index is 0.127. The standard InChI is InChI=1S/C19H25NO2/c21-15-9-3-8-14-20-18(16-10-4-1-5-11-16)19(22)17-12-6-2-7-13-17/h1-2,4-7,10-13,18-22H,3,8-9,14-15H2. The average molecular weight is 299 g/mol. The highest BCUT2D eigenvalue weighted by molar-refractivity contribution is 5.26. The summed E-state index contributed by atoms with van der Waals surface area (Å²) in [6.45, 7) is 1.07. The monoisotopic (exact) mass is 299 g/mol. The molecule has 0 saturated heterocycles. The highest BCUT2D eigenvalue weighted by Crippen LogP contribution is 2.28. The highest BCUT2D eigenvalue weighted by atomic mass is 16.3. The fourth-order valence-electron chi connectivity index (χ4n) is 2.59. The molecule has 0 aliphatic heterocycles. The predicted molar refractivity (Wildman–Crippen MR) is 89.5 cm³/mol. The lowest BCUT2D eigenvalue weighted by Gasteiger charge is -2.25. The third-order valence-electron chi connectivity index (χ3n) is 3.81. The third-order valence-corrected chi connectivity index (χ3v) is 3.81. The molecule has 0 spiro atoms. The predicted octanol–water partition coefficient (Wildman–Crippen LogP) is 3.21. The van der Waals surface area contributed by atoms with Crippen LogP contribution in [0.5, 0.6) is 0 Å². The SMILES string of the molecule is OCCCCCNC(c1ccccc1)C(O)c1ccccc1. The number of hydrogen-bond acceptors (Lipinski definition) is 3. The maximum Gasteiger partial charge on any atom is 0.0984 e. The summed E-state index contributed by atoms with van der Waals surface area (Å²) in [4.78, 5) is 0. The van der Waals surface area contributed by atoms with Crippen LogP contribution in [-0.2, 0) is 0 Å². The summed E-state index contributed by atoms with van der Waals surface area (Å²) >= 11 is 0. The number of aliphatic hydroxyl groups is 2. The number of hydrogen-bond donors (Lipinski definition) is 3. The molecule has 0 heterocycles. The fraction of sp³-hybridized carbons (Fsp3) is 0.368. The summed E-state index contributed by atoms with van der Waals surface area (Å²) in [6, 6.07) is 19.7. The zero-order valence-electron chi connectivity index (χ0n) is 12.9. The molecule has 2 atom stereocenters. The van der Waals surface area contributed by atoms with Gasteiger partial charge in [-0.25, -0.2) is 0 Å². The van der Waals surface area contributed by atoms with Crippen molar-refractivity contribution in [1.82, 2.24) is 5.32 Å². The van der Waals surface area contributed by atoms with Gasteiger partial charge in [-0.1, -0.05) is 60.7 Å². The normalized spacial score (nSPS) is 13.7. The summed E-state index contributed by atoms with van der Waals surface area (Å²) in [6.07, 6.45) is 2.23. The summed E-state index contributed by atoms with van der Waals surface area (Å²) in [5, 5.41) is 23.0. The quantitative estimate of drug-likeness (QED) is 0.623. The van der Waals surface area contributed by atoms with E-state index in [9.17, 15) is 5.11 Å². The van der Waals surface area contributed by atoms with E-state index in [1.165, 1.54) is 0 Å². The molecule has 0 saturated carbocycles. The fourth-order valence-corrected chi connectivity index (χ4v) is 2.59. The minimum Gasteiger partial charge on any atom is -0.396 e. The van der Waals surface area contributed by atoms with Gasteiger partial charge in [-0.3, -0.25) is 0 Å². The van der Waals surface area contributed by atoms with Crippen molar-refractivity contribution in [2.24, 2.45) is 0 Å². The van der Waals surface area contributed by atoms with Gasteiger partial charge in [0.2, 0.25) is 0 Å². The van der Waals surface area contributed by atoms with Crippen LogP contribution in [-0.4, -0.2) is 23.4 Å². The molecule has 2 aromatic rings. The van der Waals surface area contributed by atoms with Crippen LogP contribution in [0.4, 0.5) is 0 Å². The molecule has 118 valence electrons. The van der Waals surface area contributed by atoms with Crippen molar-refractivity contribution in [1.29, 1.82) is 0 Å². The number of benzene rings is 2. The van der Waals surface area contributed by atoms with Crippen LogP contribution in [0.15, 0.2) is 60.7 Å². The van der Waals surface area contributed by atoms with Gasteiger partial charge in [0.25, 0.3) is 0 Å². The molecule has 0 amide bonds. The Kier molecular flexibility index (Phi) is 7.10. The second-order valence-electron chi connectivity index (χ2n) is 5.48. The van der Waals surface area contributed by atoms with Crippen molar-refractivity contribution in [2.45, 2.75) is 31.4 Å². The van der Waals surface area contributed by atoms with E-state index in [1.54, 1.807) is 0 Å². The zero-order valence-corrected chi connectivity index (χ0v) is 12.9. The van der Waals surface area contributed by atoms with Crippen LogP contribution in [0, 0.1) is 0 Å². The van der Waals surface area contributed by atoms with Gasteiger partial charge in [0.1, 0.15) is 0 Å². The van der Waals surface area contributed by atoms with Gasteiger partial charge in [0.15, 0.2) is 0 Å². The lowest BCUT2D eigenvalue weighted by atomic mass is 9.95. The molecule has 2 unspecified atom stereocenters. The van der Waals surface area contributed by atoms with Crippen molar-refractivity contribution in [3.8, 4) is 0 Å². The van der Waals surface area contributed by atoms with Crippen LogP contribution in [0.3, 0.4) is 0 Å². The van der Waals surface area contributed by atoms with Crippen molar-refractivity contribution in [2.75, 3.05) is 13.2 Å². The van der Waals surface area contributed by atoms with E-state index in [0.29, 0.717) is 0 Å². The molecule has 2 aromatic carbocycles. The van der Waals surface area contributed by atoms with E-state index in [2.05, 4.69) is 5.32 Å². The Labute approximate surface area is 132 Å². The van der Waals surface area contributed by atoms with E-state index >= 15 is 0 Å². The first-order valence-electron chi connectivity index (χ1n) is 7.95. The van der Waals surface area contributed by atoms with Gasteiger partial charge in [-0.15, -0.1) is 0 Å². The molecule has 0 aliphatic carbocycles. The second kappa shape index (κ2) is 9.36. The average Bonchev–Trinajstić information content (AvgIpc) is 2.59. The first-order chi connectivity index (χ1) is 10.8. The smallest absolute Gasteiger partial charge is 0.0984 e. The van der Waals surface area contributed by atoms with E-state index in [1.807, 2.05) is 60.7 Å².